The van der Waals surface area contributed by atoms with Gasteiger partial charge in [-0.05, 0) is 43.4 Å². The Labute approximate surface area is 99.3 Å². The van der Waals surface area contributed by atoms with Gasteiger partial charge in [0.05, 0.1) is 0 Å². The first-order chi connectivity index (χ1) is 7.64. The maximum Gasteiger partial charge on any atom is 0.00810 e. The van der Waals surface area contributed by atoms with E-state index in [2.05, 4.69) is 50.4 Å². The molecule has 88 valence electrons. The van der Waals surface area contributed by atoms with Crippen LogP contribution in [0.1, 0.15) is 37.8 Å². The molecular weight excluding hydrogens is 194 g/mol. The maximum absolute atomic E-state index is 3.61. The Kier molecular flexibility index (Phi) is 3.34. The number of hydrogen-bond acceptors (Lipinski definition) is 1. The summed E-state index contributed by atoms with van der Waals surface area (Å²) < 4.78 is 0. The van der Waals surface area contributed by atoms with E-state index in [1.165, 1.54) is 18.4 Å². The minimum absolute atomic E-state index is 0.459. The Balaban J connectivity index is 2.00. The van der Waals surface area contributed by atoms with Gasteiger partial charge in [-0.2, -0.15) is 0 Å². The Bertz CT molecular complexity index is 350. The van der Waals surface area contributed by atoms with Gasteiger partial charge in [0.1, 0.15) is 0 Å². The highest BCUT2D eigenvalue weighted by atomic mass is 14.9. The summed E-state index contributed by atoms with van der Waals surface area (Å²) in [6.07, 6.45) is 2.70. The van der Waals surface area contributed by atoms with Crippen LogP contribution in [0.2, 0.25) is 0 Å². The fourth-order valence-electron chi connectivity index (χ4n) is 2.46. The summed E-state index contributed by atoms with van der Waals surface area (Å²) in [6.45, 7) is 9.04. The van der Waals surface area contributed by atoms with Crippen molar-refractivity contribution in [3.63, 3.8) is 0 Å². The van der Waals surface area contributed by atoms with E-state index >= 15 is 0 Å². The van der Waals surface area contributed by atoms with E-state index < -0.39 is 0 Å². The van der Waals surface area contributed by atoms with Crippen LogP contribution < -0.4 is 5.32 Å². The number of aryl methyl sites for hydroxylation is 1. The van der Waals surface area contributed by atoms with Crippen molar-refractivity contribution in [1.29, 1.82) is 0 Å². The van der Waals surface area contributed by atoms with Crippen molar-refractivity contribution in [3.8, 4) is 0 Å². The first-order valence-corrected chi connectivity index (χ1v) is 6.41. The van der Waals surface area contributed by atoms with Crippen LogP contribution in [0.25, 0.3) is 0 Å². The molecule has 0 aromatic heterocycles. The lowest BCUT2D eigenvalue weighted by Crippen LogP contribution is -2.30. The predicted molar refractivity (Wildman–Crippen MR) is 69.8 cm³/mol. The quantitative estimate of drug-likeness (QED) is 0.798. The third-order valence-corrected chi connectivity index (χ3v) is 3.59. The SMILES string of the molecule is Cc1ccccc1C1(CNCC(C)C)CC1. The third kappa shape index (κ3) is 2.46. The minimum atomic E-state index is 0.459. The van der Waals surface area contributed by atoms with Gasteiger partial charge in [-0.3, -0.25) is 0 Å². The zero-order valence-electron chi connectivity index (χ0n) is 10.7. The molecular formula is C15H23N. The predicted octanol–water partition coefficient (Wildman–Crippen LogP) is 3.27. The molecule has 1 aliphatic carbocycles. The molecule has 0 saturated heterocycles. The molecule has 0 radical (unpaired) electrons. The minimum Gasteiger partial charge on any atom is -0.316 e. The van der Waals surface area contributed by atoms with Gasteiger partial charge in [0.25, 0.3) is 0 Å². The summed E-state index contributed by atoms with van der Waals surface area (Å²) in [4.78, 5) is 0. The average Bonchev–Trinajstić information content (AvgIpc) is 2.99. The van der Waals surface area contributed by atoms with Crippen molar-refractivity contribution < 1.29 is 0 Å². The second-order valence-corrected chi connectivity index (χ2v) is 5.62. The lowest BCUT2D eigenvalue weighted by atomic mass is 9.92. The van der Waals surface area contributed by atoms with Crippen molar-refractivity contribution in [2.45, 2.75) is 39.0 Å². The Morgan fingerprint density at radius 1 is 1.25 bits per heavy atom. The maximum atomic E-state index is 3.61. The molecule has 0 unspecified atom stereocenters. The fourth-order valence-corrected chi connectivity index (χ4v) is 2.46. The van der Waals surface area contributed by atoms with E-state index in [1.54, 1.807) is 5.56 Å². The molecule has 1 aliphatic rings. The number of rotatable bonds is 5. The monoisotopic (exact) mass is 217 g/mol. The van der Waals surface area contributed by atoms with Crippen LogP contribution in [-0.2, 0) is 5.41 Å². The van der Waals surface area contributed by atoms with E-state index in [9.17, 15) is 0 Å². The summed E-state index contributed by atoms with van der Waals surface area (Å²) in [7, 11) is 0. The lowest BCUT2D eigenvalue weighted by Gasteiger charge is -2.19. The van der Waals surface area contributed by atoms with E-state index in [0.717, 1.165) is 19.0 Å². The normalized spacial score (nSPS) is 17.8. The molecule has 0 amide bonds. The van der Waals surface area contributed by atoms with Crippen molar-refractivity contribution in [3.05, 3.63) is 35.4 Å². The molecule has 16 heavy (non-hydrogen) atoms. The zero-order chi connectivity index (χ0) is 11.6. The number of benzene rings is 1. The van der Waals surface area contributed by atoms with Gasteiger partial charge in [-0.15, -0.1) is 0 Å². The van der Waals surface area contributed by atoms with Gasteiger partial charge in [-0.25, -0.2) is 0 Å². The van der Waals surface area contributed by atoms with Crippen molar-refractivity contribution in [1.82, 2.24) is 5.32 Å². The van der Waals surface area contributed by atoms with Gasteiger partial charge >= 0.3 is 0 Å². The highest BCUT2D eigenvalue weighted by Gasteiger charge is 2.44. The molecule has 1 aromatic rings. The molecule has 0 heterocycles. The Morgan fingerprint density at radius 2 is 1.94 bits per heavy atom. The molecule has 1 heteroatoms. The highest BCUT2D eigenvalue weighted by Crippen LogP contribution is 2.48. The van der Waals surface area contributed by atoms with Crippen molar-refractivity contribution in [2.24, 2.45) is 5.92 Å². The van der Waals surface area contributed by atoms with Crippen molar-refractivity contribution >= 4 is 0 Å². The molecule has 1 fully saturated rings. The van der Waals surface area contributed by atoms with Crippen molar-refractivity contribution in [2.75, 3.05) is 13.1 Å². The molecule has 0 atom stereocenters. The number of hydrogen-bond donors (Lipinski definition) is 1. The fraction of sp³-hybridized carbons (Fsp3) is 0.600. The molecule has 1 aromatic carbocycles. The second kappa shape index (κ2) is 4.58. The molecule has 0 spiro atoms. The molecule has 1 nitrogen and oxygen atoms in total. The smallest absolute Gasteiger partial charge is 0.00810 e. The van der Waals surface area contributed by atoms with E-state index in [-0.39, 0.29) is 0 Å². The van der Waals surface area contributed by atoms with Crippen LogP contribution in [0.4, 0.5) is 0 Å². The number of nitrogens with one attached hydrogen (secondary N) is 1. The summed E-state index contributed by atoms with van der Waals surface area (Å²) in [5.41, 5.74) is 3.47. The summed E-state index contributed by atoms with van der Waals surface area (Å²) >= 11 is 0. The Morgan fingerprint density at radius 3 is 2.50 bits per heavy atom. The van der Waals surface area contributed by atoms with Crippen LogP contribution in [0.15, 0.2) is 24.3 Å². The topological polar surface area (TPSA) is 12.0 Å². The largest absolute Gasteiger partial charge is 0.316 e. The summed E-state index contributed by atoms with van der Waals surface area (Å²) in [5.74, 6) is 0.743. The summed E-state index contributed by atoms with van der Waals surface area (Å²) in [6, 6.07) is 8.85. The van der Waals surface area contributed by atoms with Crippen LogP contribution in [0.3, 0.4) is 0 Å². The molecule has 0 aliphatic heterocycles. The van der Waals surface area contributed by atoms with E-state index in [4.69, 9.17) is 0 Å². The van der Waals surface area contributed by atoms with Crippen LogP contribution >= 0.6 is 0 Å². The highest BCUT2D eigenvalue weighted by molar-refractivity contribution is 5.38. The van der Waals surface area contributed by atoms with E-state index in [0.29, 0.717) is 5.41 Å². The van der Waals surface area contributed by atoms with Crippen LogP contribution in [0, 0.1) is 12.8 Å². The molecule has 1 saturated carbocycles. The third-order valence-electron chi connectivity index (χ3n) is 3.59. The van der Waals surface area contributed by atoms with Gasteiger partial charge in [0.15, 0.2) is 0 Å². The zero-order valence-corrected chi connectivity index (χ0v) is 10.7. The van der Waals surface area contributed by atoms with E-state index in [1.807, 2.05) is 0 Å². The lowest BCUT2D eigenvalue weighted by molar-refractivity contribution is 0.508. The van der Waals surface area contributed by atoms with Crippen LogP contribution in [-0.4, -0.2) is 13.1 Å². The van der Waals surface area contributed by atoms with Crippen LogP contribution in [0.5, 0.6) is 0 Å². The second-order valence-electron chi connectivity index (χ2n) is 5.62. The molecule has 2 rings (SSSR count). The first kappa shape index (κ1) is 11.7. The van der Waals surface area contributed by atoms with Gasteiger partial charge in [0, 0.05) is 12.0 Å². The van der Waals surface area contributed by atoms with Gasteiger partial charge in [-0.1, -0.05) is 38.1 Å². The summed E-state index contributed by atoms with van der Waals surface area (Å²) in [5, 5.41) is 3.61. The van der Waals surface area contributed by atoms with Gasteiger partial charge < -0.3 is 5.32 Å². The molecule has 0 bridgehead atoms. The Hall–Kier alpha value is -0.820. The molecule has 1 N–H and O–H groups in total. The first-order valence-electron chi connectivity index (χ1n) is 6.41. The standard InChI is InChI=1S/C15H23N/c1-12(2)10-16-11-15(8-9-15)14-7-5-4-6-13(14)3/h4-7,12,16H,8-11H2,1-3H3. The van der Waals surface area contributed by atoms with Gasteiger partial charge in [0.2, 0.25) is 0 Å². The average molecular weight is 217 g/mol.